The number of anilines is 3. The van der Waals surface area contributed by atoms with Gasteiger partial charge in [0.05, 0.1) is 25.1 Å². The summed E-state index contributed by atoms with van der Waals surface area (Å²) < 4.78 is 4.66. The zero-order valence-corrected chi connectivity index (χ0v) is 15.9. The first-order valence-electron chi connectivity index (χ1n) is 8.31. The summed E-state index contributed by atoms with van der Waals surface area (Å²) in [5.41, 5.74) is 2.84. The second-order valence-electron chi connectivity index (χ2n) is 5.90. The van der Waals surface area contributed by atoms with Crippen molar-refractivity contribution in [3.8, 4) is 0 Å². The summed E-state index contributed by atoms with van der Waals surface area (Å²) in [6, 6.07) is 12.0. The van der Waals surface area contributed by atoms with Crippen LogP contribution in [0.5, 0.6) is 0 Å². The third-order valence-corrected chi connectivity index (χ3v) is 4.30. The van der Waals surface area contributed by atoms with Gasteiger partial charge in [-0.25, -0.2) is 14.8 Å². The fraction of sp³-hybridized carbons (Fsp3) is 0.100. The Bertz CT molecular complexity index is 1000. The number of halogens is 1. The minimum Gasteiger partial charge on any atom is -0.465 e. The van der Waals surface area contributed by atoms with Gasteiger partial charge in [0, 0.05) is 16.4 Å². The highest BCUT2D eigenvalue weighted by Crippen LogP contribution is 2.20. The number of benzene rings is 2. The lowest BCUT2D eigenvalue weighted by Crippen LogP contribution is -2.14. The number of aromatic nitrogens is 2. The van der Waals surface area contributed by atoms with E-state index in [0.717, 1.165) is 5.56 Å². The van der Waals surface area contributed by atoms with Crippen molar-refractivity contribution in [1.29, 1.82) is 0 Å². The van der Waals surface area contributed by atoms with Crippen LogP contribution in [0.15, 0.2) is 54.9 Å². The molecule has 0 saturated carbocycles. The number of methoxy groups -OCH3 is 1. The number of carbonyl (C=O) groups excluding carboxylic acids is 2. The predicted octanol–water partition coefficient (Wildman–Crippen LogP) is 4.22. The Morgan fingerprint density at radius 3 is 2.32 bits per heavy atom. The maximum atomic E-state index is 12.3. The van der Waals surface area contributed by atoms with E-state index < -0.39 is 5.97 Å². The lowest BCUT2D eigenvalue weighted by molar-refractivity contribution is 0.0600. The zero-order chi connectivity index (χ0) is 20.1. The van der Waals surface area contributed by atoms with Gasteiger partial charge in [-0.15, -0.1) is 0 Å². The molecule has 0 aliphatic heterocycles. The molecular weight excluding hydrogens is 380 g/mol. The Morgan fingerprint density at radius 1 is 1.00 bits per heavy atom. The van der Waals surface area contributed by atoms with Crippen molar-refractivity contribution in [1.82, 2.24) is 9.97 Å². The molecule has 1 aromatic heterocycles. The van der Waals surface area contributed by atoms with Gasteiger partial charge in [-0.1, -0.05) is 17.7 Å². The number of carbonyl (C=O) groups is 2. The summed E-state index contributed by atoms with van der Waals surface area (Å²) in [5, 5.41) is 6.34. The van der Waals surface area contributed by atoms with Crippen LogP contribution in [0.4, 0.5) is 17.2 Å². The van der Waals surface area contributed by atoms with Gasteiger partial charge in [-0.3, -0.25) is 4.79 Å². The molecule has 1 amide bonds. The second kappa shape index (κ2) is 8.49. The van der Waals surface area contributed by atoms with Gasteiger partial charge in [0.25, 0.3) is 5.91 Å². The maximum Gasteiger partial charge on any atom is 0.337 e. The molecule has 0 radical (unpaired) electrons. The molecule has 2 N–H and O–H groups in total. The minimum atomic E-state index is -0.406. The highest BCUT2D eigenvalue weighted by Gasteiger charge is 2.10. The number of rotatable bonds is 5. The van der Waals surface area contributed by atoms with E-state index in [1.807, 2.05) is 13.0 Å². The summed E-state index contributed by atoms with van der Waals surface area (Å²) >= 11 is 6.06. The number of hydrogen-bond acceptors (Lipinski definition) is 6. The first-order chi connectivity index (χ1) is 13.5. The first-order valence-corrected chi connectivity index (χ1v) is 8.69. The topological polar surface area (TPSA) is 93.2 Å². The highest BCUT2D eigenvalue weighted by molar-refractivity contribution is 6.31. The molecule has 3 rings (SSSR count). The molecule has 28 heavy (non-hydrogen) atoms. The summed E-state index contributed by atoms with van der Waals surface area (Å²) in [4.78, 5) is 32.0. The molecule has 142 valence electrons. The molecule has 0 atom stereocenters. The standard InChI is InChI=1S/C20H17ClN4O3/c1-12-3-6-15(9-16(12)21)25-19(26)17-10-23-18(11-22-17)24-14-7-4-13(5-8-14)20(27)28-2/h3-11H,1-2H3,(H,23,24)(H,25,26). The van der Waals surface area contributed by atoms with E-state index in [4.69, 9.17) is 11.6 Å². The van der Waals surface area contributed by atoms with Gasteiger partial charge in [-0.05, 0) is 48.9 Å². The van der Waals surface area contributed by atoms with Gasteiger partial charge >= 0.3 is 5.97 Å². The molecular formula is C20H17ClN4O3. The van der Waals surface area contributed by atoms with Crippen molar-refractivity contribution >= 4 is 40.7 Å². The minimum absolute atomic E-state index is 0.170. The van der Waals surface area contributed by atoms with Crippen LogP contribution in [0.3, 0.4) is 0 Å². The van der Waals surface area contributed by atoms with E-state index in [9.17, 15) is 9.59 Å². The lowest BCUT2D eigenvalue weighted by atomic mass is 10.2. The van der Waals surface area contributed by atoms with Gasteiger partial charge < -0.3 is 15.4 Å². The average molecular weight is 397 g/mol. The number of nitrogens with zero attached hydrogens (tertiary/aromatic N) is 2. The molecule has 0 fully saturated rings. The van der Waals surface area contributed by atoms with E-state index in [2.05, 4.69) is 25.3 Å². The molecule has 0 aliphatic carbocycles. The number of ether oxygens (including phenoxy) is 1. The third kappa shape index (κ3) is 4.63. The number of nitrogens with one attached hydrogen (secondary N) is 2. The summed E-state index contributed by atoms with van der Waals surface area (Å²) in [6.45, 7) is 1.88. The molecule has 7 nitrogen and oxygen atoms in total. The fourth-order valence-electron chi connectivity index (χ4n) is 2.33. The number of aryl methyl sites for hydroxylation is 1. The van der Waals surface area contributed by atoms with Crippen LogP contribution >= 0.6 is 11.6 Å². The van der Waals surface area contributed by atoms with E-state index in [0.29, 0.717) is 27.8 Å². The molecule has 0 spiro atoms. The molecule has 0 aliphatic rings. The fourth-order valence-corrected chi connectivity index (χ4v) is 2.51. The Morgan fingerprint density at radius 2 is 1.71 bits per heavy atom. The van der Waals surface area contributed by atoms with Crippen LogP contribution in [0.25, 0.3) is 0 Å². The third-order valence-electron chi connectivity index (χ3n) is 3.89. The van der Waals surface area contributed by atoms with Crippen molar-refractivity contribution in [3.05, 3.63) is 76.7 Å². The maximum absolute atomic E-state index is 12.3. The highest BCUT2D eigenvalue weighted by atomic mass is 35.5. The van der Waals surface area contributed by atoms with E-state index in [-0.39, 0.29) is 11.6 Å². The molecule has 8 heteroatoms. The largest absolute Gasteiger partial charge is 0.465 e. The molecule has 1 heterocycles. The normalized spacial score (nSPS) is 10.2. The van der Waals surface area contributed by atoms with Crippen LogP contribution in [0.1, 0.15) is 26.4 Å². The van der Waals surface area contributed by atoms with Crippen LogP contribution < -0.4 is 10.6 Å². The SMILES string of the molecule is COC(=O)c1ccc(Nc2cnc(C(=O)Nc3ccc(C)c(Cl)c3)cn2)cc1. The molecule has 2 aromatic carbocycles. The first kappa shape index (κ1) is 19.3. The Hall–Kier alpha value is -3.45. The number of amides is 1. The predicted molar refractivity (Wildman–Crippen MR) is 107 cm³/mol. The quantitative estimate of drug-likeness (QED) is 0.627. The van der Waals surface area contributed by atoms with Crippen LogP contribution in [0.2, 0.25) is 5.02 Å². The van der Waals surface area contributed by atoms with Gasteiger partial charge in [0.2, 0.25) is 0 Å². The lowest BCUT2D eigenvalue weighted by Gasteiger charge is -2.08. The molecule has 0 bridgehead atoms. The Labute approximate surface area is 166 Å². The van der Waals surface area contributed by atoms with Crippen LogP contribution in [0, 0.1) is 6.92 Å². The van der Waals surface area contributed by atoms with E-state index >= 15 is 0 Å². The summed E-state index contributed by atoms with van der Waals surface area (Å²) in [7, 11) is 1.33. The number of hydrogen-bond donors (Lipinski definition) is 2. The van der Waals surface area contributed by atoms with Gasteiger partial charge in [0.15, 0.2) is 0 Å². The van der Waals surface area contributed by atoms with Crippen molar-refractivity contribution < 1.29 is 14.3 Å². The van der Waals surface area contributed by atoms with Gasteiger partial charge in [0.1, 0.15) is 11.5 Å². The number of esters is 1. The molecule has 3 aromatic rings. The van der Waals surface area contributed by atoms with E-state index in [1.165, 1.54) is 19.5 Å². The Kier molecular flexibility index (Phi) is 5.86. The van der Waals surface area contributed by atoms with Crippen molar-refractivity contribution in [2.24, 2.45) is 0 Å². The van der Waals surface area contributed by atoms with Crippen LogP contribution in [-0.4, -0.2) is 29.0 Å². The smallest absolute Gasteiger partial charge is 0.337 e. The second-order valence-corrected chi connectivity index (χ2v) is 6.31. The van der Waals surface area contributed by atoms with E-state index in [1.54, 1.807) is 36.4 Å². The summed E-state index contributed by atoms with van der Waals surface area (Å²) in [6.07, 6.45) is 2.82. The monoisotopic (exact) mass is 396 g/mol. The van der Waals surface area contributed by atoms with Crippen molar-refractivity contribution in [2.75, 3.05) is 17.7 Å². The zero-order valence-electron chi connectivity index (χ0n) is 15.2. The van der Waals surface area contributed by atoms with Crippen molar-refractivity contribution in [2.45, 2.75) is 6.92 Å². The Balaban J connectivity index is 1.64. The van der Waals surface area contributed by atoms with Crippen molar-refractivity contribution in [3.63, 3.8) is 0 Å². The van der Waals surface area contributed by atoms with Gasteiger partial charge in [-0.2, -0.15) is 0 Å². The van der Waals surface area contributed by atoms with Crippen LogP contribution in [-0.2, 0) is 4.74 Å². The average Bonchev–Trinajstić information content (AvgIpc) is 2.71. The molecule has 0 saturated heterocycles. The molecule has 0 unspecified atom stereocenters. The summed E-state index contributed by atoms with van der Waals surface area (Å²) in [5.74, 6) is -0.335.